The molecule has 2 aliphatic rings. The number of aromatic nitrogens is 2. The second-order valence-corrected chi connectivity index (χ2v) is 6.49. The lowest BCUT2D eigenvalue weighted by atomic mass is 10.1. The number of fused-ring (bicyclic) bond motifs is 1. The molecule has 8 heteroatoms. The monoisotopic (exact) mass is 371 g/mol. The largest absolute Gasteiger partial charge is 0.480 e. The molecule has 0 aliphatic carbocycles. The van der Waals surface area contributed by atoms with Gasteiger partial charge in [0, 0.05) is 6.54 Å². The Kier molecular flexibility index (Phi) is 4.95. The van der Waals surface area contributed by atoms with Crippen molar-refractivity contribution in [2.24, 2.45) is 0 Å². The highest BCUT2D eigenvalue weighted by molar-refractivity contribution is 5.79. The first-order valence-corrected chi connectivity index (χ1v) is 8.90. The van der Waals surface area contributed by atoms with Crippen molar-refractivity contribution in [1.82, 2.24) is 14.9 Å². The van der Waals surface area contributed by atoms with Gasteiger partial charge in [0.2, 0.25) is 24.5 Å². The number of carbonyl (C=O) groups excluding carboxylic acids is 1. The van der Waals surface area contributed by atoms with Crippen molar-refractivity contribution in [2.75, 3.05) is 27.0 Å². The Morgan fingerprint density at radius 2 is 2.11 bits per heavy atom. The van der Waals surface area contributed by atoms with E-state index in [4.69, 9.17) is 18.9 Å². The molecule has 8 nitrogen and oxygen atoms in total. The van der Waals surface area contributed by atoms with Crippen molar-refractivity contribution in [3.8, 4) is 23.3 Å². The second kappa shape index (κ2) is 7.69. The SMILES string of the molecule is COc1cncc(OC2CCCN(C(=O)Cc3ccc4c(c3)OCO4)C2)n1. The van der Waals surface area contributed by atoms with Crippen LogP contribution in [0.4, 0.5) is 0 Å². The summed E-state index contributed by atoms with van der Waals surface area (Å²) in [6.45, 7) is 1.49. The number of amides is 1. The summed E-state index contributed by atoms with van der Waals surface area (Å²) in [7, 11) is 1.53. The van der Waals surface area contributed by atoms with Crippen molar-refractivity contribution >= 4 is 5.91 Å². The summed E-state index contributed by atoms with van der Waals surface area (Å²) in [5.74, 6) is 2.29. The molecule has 0 N–H and O–H groups in total. The van der Waals surface area contributed by atoms with E-state index in [-0.39, 0.29) is 18.8 Å². The Morgan fingerprint density at radius 3 is 3.00 bits per heavy atom. The molecule has 1 fully saturated rings. The highest BCUT2D eigenvalue weighted by atomic mass is 16.7. The van der Waals surface area contributed by atoms with Crippen LogP contribution in [-0.4, -0.2) is 53.9 Å². The van der Waals surface area contributed by atoms with Crippen LogP contribution in [0, 0.1) is 0 Å². The summed E-state index contributed by atoms with van der Waals surface area (Å²) in [5, 5.41) is 0. The molecule has 3 heterocycles. The third-order valence-electron chi connectivity index (χ3n) is 4.61. The number of methoxy groups -OCH3 is 1. The van der Waals surface area contributed by atoms with Gasteiger partial charge in [0.15, 0.2) is 11.5 Å². The Hall–Kier alpha value is -3.03. The normalized spacial score (nSPS) is 18.3. The first-order valence-electron chi connectivity index (χ1n) is 8.90. The van der Waals surface area contributed by atoms with Gasteiger partial charge in [-0.3, -0.25) is 9.78 Å². The number of nitrogens with zero attached hydrogens (tertiary/aromatic N) is 3. The van der Waals surface area contributed by atoms with E-state index in [0.29, 0.717) is 30.5 Å². The maximum atomic E-state index is 12.7. The minimum absolute atomic E-state index is 0.0684. The van der Waals surface area contributed by atoms with E-state index >= 15 is 0 Å². The van der Waals surface area contributed by atoms with Gasteiger partial charge in [0.05, 0.1) is 32.5 Å². The topological polar surface area (TPSA) is 83.0 Å². The molecule has 2 aliphatic heterocycles. The highest BCUT2D eigenvalue weighted by Gasteiger charge is 2.26. The maximum absolute atomic E-state index is 12.7. The standard InChI is InChI=1S/C19H21N3O5/c1-24-17-9-20-10-18(21-17)27-14-3-2-6-22(11-14)19(23)8-13-4-5-15-16(7-13)26-12-25-15/h4-5,7,9-10,14H,2-3,6,8,11-12H2,1H3. The molecule has 0 saturated carbocycles. The van der Waals surface area contributed by atoms with Crippen LogP contribution in [-0.2, 0) is 11.2 Å². The highest BCUT2D eigenvalue weighted by Crippen LogP contribution is 2.32. The lowest BCUT2D eigenvalue weighted by molar-refractivity contribution is -0.133. The zero-order valence-electron chi connectivity index (χ0n) is 15.1. The average Bonchev–Trinajstić information content (AvgIpc) is 3.16. The minimum Gasteiger partial charge on any atom is -0.480 e. The van der Waals surface area contributed by atoms with Crippen molar-refractivity contribution in [1.29, 1.82) is 0 Å². The van der Waals surface area contributed by atoms with E-state index in [1.807, 2.05) is 23.1 Å². The van der Waals surface area contributed by atoms with E-state index in [1.165, 1.54) is 13.3 Å². The lowest BCUT2D eigenvalue weighted by Gasteiger charge is -2.32. The molecule has 0 spiro atoms. The van der Waals surface area contributed by atoms with E-state index < -0.39 is 0 Å². The molecular weight excluding hydrogens is 350 g/mol. The third-order valence-corrected chi connectivity index (χ3v) is 4.61. The van der Waals surface area contributed by atoms with E-state index in [9.17, 15) is 4.79 Å². The molecule has 2 aromatic rings. The number of likely N-dealkylation sites (tertiary alicyclic amines) is 1. The van der Waals surface area contributed by atoms with Gasteiger partial charge in [0.25, 0.3) is 0 Å². The van der Waals surface area contributed by atoms with Gasteiger partial charge in [-0.15, -0.1) is 0 Å². The summed E-state index contributed by atoms with van der Waals surface area (Å²) in [6.07, 6.45) is 5.04. The zero-order chi connectivity index (χ0) is 18.6. The number of benzene rings is 1. The third kappa shape index (κ3) is 4.05. The molecule has 1 unspecified atom stereocenters. The van der Waals surface area contributed by atoms with Crippen LogP contribution in [0.15, 0.2) is 30.6 Å². The summed E-state index contributed by atoms with van der Waals surface area (Å²) in [4.78, 5) is 22.8. The predicted molar refractivity (Wildman–Crippen MR) is 95.1 cm³/mol. The lowest BCUT2D eigenvalue weighted by Crippen LogP contribution is -2.45. The van der Waals surface area contributed by atoms with E-state index in [0.717, 1.165) is 30.7 Å². The molecule has 27 heavy (non-hydrogen) atoms. The first kappa shape index (κ1) is 17.4. The summed E-state index contributed by atoms with van der Waals surface area (Å²) < 4.78 is 21.7. The van der Waals surface area contributed by atoms with Gasteiger partial charge in [0.1, 0.15) is 6.10 Å². The molecule has 1 saturated heterocycles. The van der Waals surface area contributed by atoms with Crippen LogP contribution in [0.3, 0.4) is 0 Å². The number of hydrogen-bond donors (Lipinski definition) is 0. The number of piperidine rings is 1. The van der Waals surface area contributed by atoms with Crippen LogP contribution >= 0.6 is 0 Å². The summed E-state index contributed by atoms with van der Waals surface area (Å²) in [5.41, 5.74) is 0.908. The van der Waals surface area contributed by atoms with Crippen molar-refractivity contribution in [3.63, 3.8) is 0 Å². The van der Waals surface area contributed by atoms with Gasteiger partial charge in [-0.1, -0.05) is 6.07 Å². The Labute approximate surface area is 157 Å². The predicted octanol–water partition coefficient (Wildman–Crippen LogP) is 1.83. The summed E-state index contributed by atoms with van der Waals surface area (Å²) >= 11 is 0. The Bertz CT molecular complexity index is 829. The molecule has 1 aromatic carbocycles. The van der Waals surface area contributed by atoms with Gasteiger partial charge >= 0.3 is 0 Å². The van der Waals surface area contributed by atoms with Gasteiger partial charge in [-0.25, -0.2) is 0 Å². The molecule has 0 bridgehead atoms. The van der Waals surface area contributed by atoms with Crippen molar-refractivity contribution in [3.05, 3.63) is 36.2 Å². The van der Waals surface area contributed by atoms with Crippen LogP contribution in [0.25, 0.3) is 0 Å². The quantitative estimate of drug-likeness (QED) is 0.793. The molecule has 1 aromatic heterocycles. The number of carbonyl (C=O) groups is 1. The zero-order valence-corrected chi connectivity index (χ0v) is 15.1. The van der Waals surface area contributed by atoms with Crippen LogP contribution < -0.4 is 18.9 Å². The Morgan fingerprint density at radius 1 is 1.26 bits per heavy atom. The van der Waals surface area contributed by atoms with Crippen molar-refractivity contribution in [2.45, 2.75) is 25.4 Å². The molecule has 1 amide bonds. The molecule has 142 valence electrons. The fraction of sp³-hybridized carbons (Fsp3) is 0.421. The molecule has 0 radical (unpaired) electrons. The molecule has 4 rings (SSSR count). The van der Waals surface area contributed by atoms with Gasteiger partial charge in [-0.2, -0.15) is 4.98 Å². The molecule has 1 atom stereocenters. The fourth-order valence-corrected chi connectivity index (χ4v) is 3.26. The number of ether oxygens (including phenoxy) is 4. The molecular formula is C19H21N3O5. The van der Waals surface area contributed by atoms with Crippen LogP contribution in [0.5, 0.6) is 23.3 Å². The fourth-order valence-electron chi connectivity index (χ4n) is 3.26. The van der Waals surface area contributed by atoms with E-state index in [1.54, 1.807) is 6.20 Å². The maximum Gasteiger partial charge on any atom is 0.235 e. The van der Waals surface area contributed by atoms with Crippen LogP contribution in [0.2, 0.25) is 0 Å². The number of rotatable bonds is 5. The van der Waals surface area contributed by atoms with Gasteiger partial charge in [-0.05, 0) is 30.5 Å². The van der Waals surface area contributed by atoms with Crippen LogP contribution in [0.1, 0.15) is 18.4 Å². The van der Waals surface area contributed by atoms with Crippen molar-refractivity contribution < 1.29 is 23.7 Å². The van der Waals surface area contributed by atoms with E-state index in [2.05, 4.69) is 9.97 Å². The second-order valence-electron chi connectivity index (χ2n) is 6.49. The smallest absolute Gasteiger partial charge is 0.235 e. The first-order chi connectivity index (χ1) is 13.2. The minimum atomic E-state index is -0.110. The summed E-state index contributed by atoms with van der Waals surface area (Å²) in [6, 6.07) is 5.60. The number of hydrogen-bond acceptors (Lipinski definition) is 7. The Balaban J connectivity index is 1.36. The van der Waals surface area contributed by atoms with Gasteiger partial charge < -0.3 is 23.8 Å². The average molecular weight is 371 g/mol.